The molecule has 0 aliphatic carbocycles. The van der Waals surface area contributed by atoms with Gasteiger partial charge in [0.05, 0.1) is 6.07 Å². The first kappa shape index (κ1) is 15.7. The number of ether oxygens (including phenoxy) is 1. The first-order valence-electron chi connectivity index (χ1n) is 5.86. The van der Waals surface area contributed by atoms with Crippen LogP contribution >= 0.6 is 0 Å². The van der Waals surface area contributed by atoms with Gasteiger partial charge in [-0.05, 0) is 36.2 Å². The molecule has 0 heterocycles. The standard InChI is InChI=1S/C12H13F2N5O/c13-12(14)20-10-4-2-9(3-5-10)11(8-15)17-6-1-7-18-19-16/h2-5,11-12,17H,1,6-7H2. The maximum absolute atomic E-state index is 12.0. The molecule has 0 bridgehead atoms. The third kappa shape index (κ3) is 5.52. The van der Waals surface area contributed by atoms with Crippen LogP contribution in [0.2, 0.25) is 0 Å². The lowest BCUT2D eigenvalue weighted by Crippen LogP contribution is -2.21. The highest BCUT2D eigenvalue weighted by Gasteiger charge is 2.10. The maximum Gasteiger partial charge on any atom is 0.387 e. The molecule has 0 aliphatic heterocycles. The first-order valence-corrected chi connectivity index (χ1v) is 5.86. The first-order chi connectivity index (χ1) is 9.67. The molecular formula is C12H13F2N5O. The van der Waals surface area contributed by atoms with Crippen molar-refractivity contribution in [2.45, 2.75) is 19.1 Å². The van der Waals surface area contributed by atoms with Gasteiger partial charge >= 0.3 is 6.61 Å². The van der Waals surface area contributed by atoms with Crippen molar-refractivity contribution in [1.29, 1.82) is 5.26 Å². The van der Waals surface area contributed by atoms with E-state index in [2.05, 4.69) is 26.1 Å². The van der Waals surface area contributed by atoms with Crippen LogP contribution in [0.1, 0.15) is 18.0 Å². The Hall–Kier alpha value is -2.36. The zero-order valence-corrected chi connectivity index (χ0v) is 10.5. The van der Waals surface area contributed by atoms with Gasteiger partial charge in [-0.2, -0.15) is 14.0 Å². The fourth-order valence-electron chi connectivity index (χ4n) is 1.52. The molecule has 0 radical (unpaired) electrons. The number of nitrogens with zero attached hydrogens (tertiary/aromatic N) is 4. The van der Waals surface area contributed by atoms with E-state index in [0.717, 1.165) is 0 Å². The van der Waals surface area contributed by atoms with E-state index >= 15 is 0 Å². The van der Waals surface area contributed by atoms with Crippen molar-refractivity contribution in [2.75, 3.05) is 13.1 Å². The molecule has 0 saturated carbocycles. The smallest absolute Gasteiger partial charge is 0.387 e. The van der Waals surface area contributed by atoms with Gasteiger partial charge in [-0.1, -0.05) is 17.2 Å². The summed E-state index contributed by atoms with van der Waals surface area (Å²) < 4.78 is 28.2. The fourth-order valence-corrected chi connectivity index (χ4v) is 1.52. The van der Waals surface area contributed by atoms with E-state index < -0.39 is 12.7 Å². The summed E-state index contributed by atoms with van der Waals surface area (Å²) in [6.45, 7) is -2.01. The van der Waals surface area contributed by atoms with E-state index in [1.54, 1.807) is 12.1 Å². The van der Waals surface area contributed by atoms with E-state index in [1.807, 2.05) is 0 Å². The molecule has 1 atom stereocenters. The highest BCUT2D eigenvalue weighted by Crippen LogP contribution is 2.19. The van der Waals surface area contributed by atoms with Gasteiger partial charge in [-0.3, -0.25) is 5.32 Å². The number of hydrogen-bond donors (Lipinski definition) is 1. The van der Waals surface area contributed by atoms with Gasteiger partial charge in [0.15, 0.2) is 0 Å². The summed E-state index contributed by atoms with van der Waals surface area (Å²) in [7, 11) is 0. The lowest BCUT2D eigenvalue weighted by molar-refractivity contribution is -0.0498. The van der Waals surface area contributed by atoms with Gasteiger partial charge in [-0.25, -0.2) is 0 Å². The Labute approximate surface area is 114 Å². The largest absolute Gasteiger partial charge is 0.435 e. The minimum Gasteiger partial charge on any atom is -0.435 e. The van der Waals surface area contributed by atoms with Gasteiger partial charge in [0.1, 0.15) is 11.8 Å². The molecule has 0 spiro atoms. The quantitative estimate of drug-likeness (QED) is 0.343. The molecule has 106 valence electrons. The molecule has 1 aromatic rings. The molecule has 1 N–H and O–H groups in total. The third-order valence-electron chi connectivity index (χ3n) is 2.41. The number of hydrogen-bond acceptors (Lipinski definition) is 4. The van der Waals surface area contributed by atoms with Crippen molar-refractivity contribution in [1.82, 2.24) is 5.32 Å². The summed E-state index contributed by atoms with van der Waals surface area (Å²) in [6.07, 6.45) is 0.606. The Bertz CT molecular complexity index is 494. The molecule has 0 fully saturated rings. The van der Waals surface area contributed by atoms with Crippen LogP contribution in [0.25, 0.3) is 10.4 Å². The van der Waals surface area contributed by atoms with Crippen molar-refractivity contribution in [3.8, 4) is 11.8 Å². The number of rotatable bonds is 8. The predicted molar refractivity (Wildman–Crippen MR) is 68.1 cm³/mol. The summed E-state index contributed by atoms with van der Waals surface area (Å²) >= 11 is 0. The second-order valence-corrected chi connectivity index (χ2v) is 3.77. The Balaban J connectivity index is 2.52. The summed E-state index contributed by atoms with van der Waals surface area (Å²) in [6, 6.07) is 7.37. The van der Waals surface area contributed by atoms with Crippen molar-refractivity contribution in [3.63, 3.8) is 0 Å². The summed E-state index contributed by atoms with van der Waals surface area (Å²) in [4.78, 5) is 2.62. The Morgan fingerprint density at radius 2 is 2.10 bits per heavy atom. The SMILES string of the molecule is N#CC(NCCCN=[N+]=[N-])c1ccc(OC(F)F)cc1. The fraction of sp³-hybridized carbons (Fsp3) is 0.417. The van der Waals surface area contributed by atoms with E-state index in [4.69, 9.17) is 10.8 Å². The lowest BCUT2D eigenvalue weighted by atomic mass is 10.1. The van der Waals surface area contributed by atoms with Crippen molar-refractivity contribution in [2.24, 2.45) is 5.11 Å². The van der Waals surface area contributed by atoms with E-state index in [0.29, 0.717) is 25.1 Å². The van der Waals surface area contributed by atoms with Crippen molar-refractivity contribution in [3.05, 3.63) is 40.3 Å². The highest BCUT2D eigenvalue weighted by atomic mass is 19.3. The minimum absolute atomic E-state index is 0.0452. The number of alkyl halides is 2. The van der Waals surface area contributed by atoms with E-state index in [-0.39, 0.29) is 5.75 Å². The summed E-state index contributed by atoms with van der Waals surface area (Å²) in [5.74, 6) is 0.0452. The minimum atomic E-state index is -2.87. The van der Waals surface area contributed by atoms with Crippen molar-refractivity contribution < 1.29 is 13.5 Å². The predicted octanol–water partition coefficient (Wildman–Crippen LogP) is 3.14. The van der Waals surface area contributed by atoms with Crippen molar-refractivity contribution >= 4 is 0 Å². The molecule has 0 saturated heterocycles. The van der Waals surface area contributed by atoms with Gasteiger partial charge in [0.25, 0.3) is 0 Å². The molecule has 20 heavy (non-hydrogen) atoms. The van der Waals surface area contributed by atoms with Gasteiger partial charge in [-0.15, -0.1) is 0 Å². The Morgan fingerprint density at radius 3 is 2.65 bits per heavy atom. The normalized spacial score (nSPS) is 11.5. The average molecular weight is 281 g/mol. The topological polar surface area (TPSA) is 93.8 Å². The molecule has 0 amide bonds. The van der Waals surface area contributed by atoms with Gasteiger partial charge < -0.3 is 4.74 Å². The monoisotopic (exact) mass is 281 g/mol. The maximum atomic E-state index is 12.0. The number of azide groups is 1. The number of nitrogens with one attached hydrogen (secondary N) is 1. The van der Waals surface area contributed by atoms with E-state index in [1.165, 1.54) is 12.1 Å². The van der Waals surface area contributed by atoms with Crippen LogP contribution in [0.5, 0.6) is 5.75 Å². The van der Waals surface area contributed by atoms with Crippen LogP contribution in [0.4, 0.5) is 8.78 Å². The number of nitriles is 1. The molecule has 1 unspecified atom stereocenters. The molecule has 1 rings (SSSR count). The third-order valence-corrected chi connectivity index (χ3v) is 2.41. The Morgan fingerprint density at radius 1 is 1.40 bits per heavy atom. The van der Waals surface area contributed by atoms with Crippen LogP contribution in [0.15, 0.2) is 29.4 Å². The molecule has 8 heteroatoms. The van der Waals surface area contributed by atoms with E-state index in [9.17, 15) is 8.78 Å². The molecule has 0 aromatic heterocycles. The average Bonchev–Trinajstić information content (AvgIpc) is 2.43. The summed E-state index contributed by atoms with van der Waals surface area (Å²) in [5.41, 5.74) is 8.76. The van der Waals surface area contributed by atoms with Gasteiger partial charge in [0.2, 0.25) is 0 Å². The molecule has 6 nitrogen and oxygen atoms in total. The Kier molecular flexibility index (Phi) is 6.82. The van der Waals surface area contributed by atoms with Crippen LogP contribution < -0.4 is 10.1 Å². The molecule has 1 aromatic carbocycles. The second-order valence-electron chi connectivity index (χ2n) is 3.77. The summed E-state index contributed by atoms with van der Waals surface area (Å²) in [5, 5.41) is 15.4. The van der Waals surface area contributed by atoms with Crippen LogP contribution in [-0.4, -0.2) is 19.7 Å². The molecular weight excluding hydrogens is 268 g/mol. The number of benzene rings is 1. The zero-order valence-electron chi connectivity index (χ0n) is 10.5. The zero-order chi connectivity index (χ0) is 14.8. The second kappa shape index (κ2) is 8.69. The van der Waals surface area contributed by atoms with Crippen LogP contribution in [0.3, 0.4) is 0 Å². The lowest BCUT2D eigenvalue weighted by Gasteiger charge is -2.12. The van der Waals surface area contributed by atoms with Crippen LogP contribution in [-0.2, 0) is 0 Å². The highest BCUT2D eigenvalue weighted by molar-refractivity contribution is 5.31. The van der Waals surface area contributed by atoms with Gasteiger partial charge in [0, 0.05) is 11.5 Å². The molecule has 0 aliphatic rings. The van der Waals surface area contributed by atoms with Crippen LogP contribution in [0, 0.1) is 11.3 Å². The number of halogens is 2.